The highest BCUT2D eigenvalue weighted by atomic mass is 19.1. The van der Waals surface area contributed by atoms with E-state index in [-0.39, 0.29) is 36.3 Å². The van der Waals surface area contributed by atoms with Crippen LogP contribution in [0.25, 0.3) is 0 Å². The van der Waals surface area contributed by atoms with Crippen LogP contribution in [0.1, 0.15) is 19.3 Å². The molecule has 0 aromatic heterocycles. The quantitative estimate of drug-likeness (QED) is 0.830. The Hall–Kier alpha value is -2.50. The second kappa shape index (κ2) is 6.91. The smallest absolute Gasteiger partial charge is 0.244 e. The summed E-state index contributed by atoms with van der Waals surface area (Å²) in [6.07, 6.45) is 2.15. The number of nitriles is 1. The Bertz CT molecular complexity index is 810. The van der Waals surface area contributed by atoms with Gasteiger partial charge in [0, 0.05) is 25.3 Å². The molecule has 2 N–H and O–H groups in total. The SMILES string of the molecule is N#C[C@@H]1CCCN1C(=O)[C@@H](N)CN1C[C@@H]2C[C@H]1C(=O)N2c1cccc(F)c1. The van der Waals surface area contributed by atoms with Crippen LogP contribution in [-0.4, -0.2) is 65.4 Å². The van der Waals surface area contributed by atoms with Gasteiger partial charge in [0.1, 0.15) is 11.9 Å². The predicted octanol–water partition coefficient (Wildman–Crippen LogP) is 0.457. The molecule has 0 spiro atoms. The highest BCUT2D eigenvalue weighted by molar-refractivity contribution is 6.01. The molecule has 142 valence electrons. The summed E-state index contributed by atoms with van der Waals surface area (Å²) in [5.41, 5.74) is 6.69. The third-order valence-electron chi connectivity index (χ3n) is 5.79. The Labute approximate surface area is 157 Å². The summed E-state index contributed by atoms with van der Waals surface area (Å²) in [5, 5.41) is 9.16. The van der Waals surface area contributed by atoms with Crippen molar-refractivity contribution in [1.82, 2.24) is 9.80 Å². The van der Waals surface area contributed by atoms with Crippen molar-refractivity contribution in [3.05, 3.63) is 30.1 Å². The van der Waals surface area contributed by atoms with Gasteiger partial charge in [-0.1, -0.05) is 6.07 Å². The zero-order valence-corrected chi connectivity index (χ0v) is 14.9. The van der Waals surface area contributed by atoms with E-state index in [9.17, 15) is 14.0 Å². The first-order valence-corrected chi connectivity index (χ1v) is 9.28. The molecule has 7 nitrogen and oxygen atoms in total. The molecule has 1 aromatic carbocycles. The van der Waals surface area contributed by atoms with E-state index in [1.54, 1.807) is 21.9 Å². The summed E-state index contributed by atoms with van der Waals surface area (Å²) in [4.78, 5) is 30.5. The fourth-order valence-corrected chi connectivity index (χ4v) is 4.54. The third kappa shape index (κ3) is 3.07. The second-order valence-corrected chi connectivity index (χ2v) is 7.47. The maximum Gasteiger partial charge on any atom is 0.244 e. The number of nitrogens with two attached hydrogens (primary N) is 1. The lowest BCUT2D eigenvalue weighted by Crippen LogP contribution is -2.56. The molecule has 3 saturated heterocycles. The number of hydrogen-bond acceptors (Lipinski definition) is 5. The molecule has 2 amide bonds. The van der Waals surface area contributed by atoms with E-state index >= 15 is 0 Å². The number of likely N-dealkylation sites (tertiary alicyclic amines) is 2. The predicted molar refractivity (Wildman–Crippen MR) is 96.0 cm³/mol. The number of carbonyl (C=O) groups is 2. The lowest BCUT2D eigenvalue weighted by molar-refractivity contribution is -0.134. The largest absolute Gasteiger partial charge is 0.325 e. The van der Waals surface area contributed by atoms with E-state index in [1.807, 2.05) is 4.90 Å². The zero-order valence-electron chi connectivity index (χ0n) is 14.9. The minimum Gasteiger partial charge on any atom is -0.325 e. The van der Waals surface area contributed by atoms with E-state index in [0.717, 1.165) is 6.42 Å². The molecule has 8 heteroatoms. The van der Waals surface area contributed by atoms with Gasteiger partial charge >= 0.3 is 0 Å². The Morgan fingerprint density at radius 3 is 2.96 bits per heavy atom. The summed E-state index contributed by atoms with van der Waals surface area (Å²) >= 11 is 0. The van der Waals surface area contributed by atoms with E-state index in [1.165, 1.54) is 12.1 Å². The maximum absolute atomic E-state index is 13.5. The van der Waals surface area contributed by atoms with Crippen LogP contribution in [0.3, 0.4) is 0 Å². The molecular weight excluding hydrogens is 349 g/mol. The van der Waals surface area contributed by atoms with Crippen LogP contribution >= 0.6 is 0 Å². The molecule has 27 heavy (non-hydrogen) atoms. The lowest BCUT2D eigenvalue weighted by Gasteiger charge is -2.35. The molecule has 4 rings (SSSR count). The summed E-state index contributed by atoms with van der Waals surface area (Å²) in [6.45, 7) is 1.45. The lowest BCUT2D eigenvalue weighted by atomic mass is 10.2. The molecule has 3 heterocycles. The van der Waals surface area contributed by atoms with Gasteiger partial charge in [-0.2, -0.15) is 5.26 Å². The van der Waals surface area contributed by atoms with Crippen molar-refractivity contribution in [1.29, 1.82) is 5.26 Å². The highest BCUT2D eigenvalue weighted by Crippen LogP contribution is 2.35. The third-order valence-corrected chi connectivity index (χ3v) is 5.79. The van der Waals surface area contributed by atoms with Crippen LogP contribution in [-0.2, 0) is 9.59 Å². The molecule has 0 unspecified atom stereocenters. The van der Waals surface area contributed by atoms with Crippen molar-refractivity contribution >= 4 is 17.5 Å². The number of benzene rings is 1. The molecule has 4 atom stereocenters. The molecule has 0 saturated carbocycles. The van der Waals surface area contributed by atoms with Gasteiger partial charge in [-0.25, -0.2) is 4.39 Å². The van der Waals surface area contributed by atoms with Crippen LogP contribution in [0.2, 0.25) is 0 Å². The molecule has 3 fully saturated rings. The molecule has 2 bridgehead atoms. The average Bonchev–Trinajstić information content (AvgIpc) is 3.35. The minimum absolute atomic E-state index is 0.0368. The number of hydrogen-bond donors (Lipinski definition) is 1. The van der Waals surface area contributed by atoms with Crippen LogP contribution in [0.15, 0.2) is 24.3 Å². The van der Waals surface area contributed by atoms with Gasteiger partial charge in [0.05, 0.1) is 24.2 Å². The van der Waals surface area contributed by atoms with Gasteiger partial charge in [0.15, 0.2) is 0 Å². The number of carbonyl (C=O) groups excluding carboxylic acids is 2. The topological polar surface area (TPSA) is 93.7 Å². The molecule has 0 aliphatic carbocycles. The van der Waals surface area contributed by atoms with Crippen molar-refractivity contribution < 1.29 is 14.0 Å². The molecule has 0 radical (unpaired) electrons. The Morgan fingerprint density at radius 1 is 1.44 bits per heavy atom. The van der Waals surface area contributed by atoms with Crippen molar-refractivity contribution in [2.75, 3.05) is 24.5 Å². The van der Waals surface area contributed by atoms with Crippen LogP contribution in [0, 0.1) is 17.1 Å². The fourth-order valence-electron chi connectivity index (χ4n) is 4.54. The van der Waals surface area contributed by atoms with Gasteiger partial charge < -0.3 is 15.5 Å². The first-order chi connectivity index (χ1) is 13.0. The van der Waals surface area contributed by atoms with Crippen molar-refractivity contribution in [2.24, 2.45) is 5.73 Å². The highest BCUT2D eigenvalue weighted by Gasteiger charge is 2.50. The minimum atomic E-state index is -0.756. The van der Waals surface area contributed by atoms with Crippen LogP contribution in [0.4, 0.5) is 10.1 Å². The first kappa shape index (κ1) is 17.9. The monoisotopic (exact) mass is 371 g/mol. The fraction of sp³-hybridized carbons (Fsp3) is 0.526. The van der Waals surface area contributed by atoms with Gasteiger partial charge in [0.25, 0.3) is 0 Å². The van der Waals surface area contributed by atoms with E-state index in [2.05, 4.69) is 6.07 Å². The van der Waals surface area contributed by atoms with Crippen molar-refractivity contribution in [3.8, 4) is 6.07 Å². The molecule has 1 aromatic rings. The molecule has 3 aliphatic rings. The standard InChI is InChI=1S/C19H22FN5O2/c20-12-3-1-4-13(7-12)25-15-8-17(19(25)27)23(10-15)11-16(22)18(26)24-6-2-5-14(24)9-21/h1,3-4,7,14-17H,2,5-6,8,10-11,22H2/t14-,15-,16-,17-/m0/s1. The van der Waals surface area contributed by atoms with E-state index in [4.69, 9.17) is 11.0 Å². The second-order valence-electron chi connectivity index (χ2n) is 7.47. The van der Waals surface area contributed by atoms with E-state index < -0.39 is 12.1 Å². The van der Waals surface area contributed by atoms with Crippen LogP contribution < -0.4 is 10.6 Å². The zero-order chi connectivity index (χ0) is 19.1. The summed E-state index contributed by atoms with van der Waals surface area (Å²) in [7, 11) is 0. The maximum atomic E-state index is 13.5. The average molecular weight is 371 g/mol. The van der Waals surface area contributed by atoms with Gasteiger partial charge in [-0.3, -0.25) is 14.5 Å². The van der Waals surface area contributed by atoms with Gasteiger partial charge in [0.2, 0.25) is 11.8 Å². The Morgan fingerprint density at radius 2 is 2.26 bits per heavy atom. The molecule has 3 aliphatic heterocycles. The number of anilines is 1. The number of fused-ring (bicyclic) bond motifs is 2. The first-order valence-electron chi connectivity index (χ1n) is 9.28. The molecular formula is C19H22FN5O2. The van der Waals surface area contributed by atoms with Crippen LogP contribution in [0.5, 0.6) is 0 Å². The number of nitrogens with zero attached hydrogens (tertiary/aromatic N) is 4. The Balaban J connectivity index is 1.41. The normalized spacial score (nSPS) is 28.6. The Kier molecular flexibility index (Phi) is 4.58. The number of halogens is 1. The number of amides is 2. The van der Waals surface area contributed by atoms with Crippen molar-refractivity contribution in [3.63, 3.8) is 0 Å². The van der Waals surface area contributed by atoms with Gasteiger partial charge in [-0.15, -0.1) is 0 Å². The summed E-state index contributed by atoms with van der Waals surface area (Å²) in [5.74, 6) is -0.672. The van der Waals surface area contributed by atoms with E-state index in [0.29, 0.717) is 31.6 Å². The number of rotatable bonds is 4. The number of piperazine rings is 1. The summed E-state index contributed by atoms with van der Waals surface area (Å²) in [6, 6.07) is 6.68. The summed E-state index contributed by atoms with van der Waals surface area (Å²) < 4.78 is 13.5. The van der Waals surface area contributed by atoms with Gasteiger partial charge in [-0.05, 0) is 37.5 Å². The van der Waals surface area contributed by atoms with Crippen molar-refractivity contribution in [2.45, 2.75) is 43.4 Å².